The summed E-state index contributed by atoms with van der Waals surface area (Å²) in [5, 5.41) is 3.60. The first kappa shape index (κ1) is 35.5. The lowest BCUT2D eigenvalue weighted by Crippen LogP contribution is -2.71. The minimum atomic E-state index is -0.266. The van der Waals surface area contributed by atoms with Crippen molar-refractivity contribution in [1.82, 2.24) is 35.1 Å². The van der Waals surface area contributed by atoms with E-state index in [1.807, 2.05) is 42.1 Å². The lowest BCUT2D eigenvalue weighted by Gasteiger charge is -2.61. The maximum Gasteiger partial charge on any atom is 0.256 e. The SMILES string of the molecule is CN1CCCC1CCNC(=O)C1=CN2C3CC4CCCCC4CC3OC3C(SCCc4cnccn4)C(SCCc4cnccn4)CC(C1=O)C32. The van der Waals surface area contributed by atoms with Crippen molar-refractivity contribution in [3.8, 4) is 0 Å². The zero-order valence-electron chi connectivity index (χ0n) is 29.9. The summed E-state index contributed by atoms with van der Waals surface area (Å²) in [6.45, 7) is 1.71. The standard InChI is InChI=1S/C39H53N7O3S2/c1-45-16-4-7-29(45)8-11-44-39(48)31-24-46-32-19-25-5-2-3-6-26(25)20-33(32)49-37-35(46)30(36(31)47)21-34(50-17-9-27-22-40-12-14-42-27)38(37)51-18-10-28-23-41-13-15-43-28/h12-15,22-26,29-30,32-35,37-38H,2-11,16-21H2,1H3,(H,44,48). The molecule has 51 heavy (non-hydrogen) atoms. The Kier molecular flexibility index (Phi) is 11.3. The van der Waals surface area contributed by atoms with Crippen LogP contribution < -0.4 is 5.32 Å². The van der Waals surface area contributed by atoms with Gasteiger partial charge in [0.2, 0.25) is 0 Å². The van der Waals surface area contributed by atoms with Crippen LogP contribution in [0.5, 0.6) is 0 Å². The minimum Gasteiger partial charge on any atom is -0.369 e. The fourth-order valence-corrected chi connectivity index (χ4v) is 13.2. The van der Waals surface area contributed by atoms with Gasteiger partial charge in [0.15, 0.2) is 5.78 Å². The molecule has 1 amide bonds. The van der Waals surface area contributed by atoms with Crippen LogP contribution in [0.25, 0.3) is 0 Å². The molecule has 0 radical (unpaired) electrons. The van der Waals surface area contributed by atoms with Gasteiger partial charge in [-0.1, -0.05) is 25.7 Å². The van der Waals surface area contributed by atoms with E-state index in [-0.39, 0.29) is 52.4 Å². The van der Waals surface area contributed by atoms with E-state index >= 15 is 0 Å². The van der Waals surface area contributed by atoms with Gasteiger partial charge in [0.25, 0.3) is 5.91 Å². The lowest BCUT2D eigenvalue weighted by molar-refractivity contribution is -0.190. The van der Waals surface area contributed by atoms with E-state index in [0.717, 1.165) is 68.0 Å². The topological polar surface area (TPSA) is 113 Å². The number of nitrogens with one attached hydrogen (secondary N) is 1. The summed E-state index contributed by atoms with van der Waals surface area (Å²) in [4.78, 5) is 51.0. The van der Waals surface area contributed by atoms with Crippen molar-refractivity contribution in [2.45, 2.75) is 118 Å². The highest BCUT2D eigenvalue weighted by Crippen LogP contribution is 2.52. The third-order valence-electron chi connectivity index (χ3n) is 12.7. The molecule has 5 heterocycles. The second-order valence-electron chi connectivity index (χ2n) is 15.6. The second kappa shape index (κ2) is 16.2. The van der Waals surface area contributed by atoms with Gasteiger partial charge in [0, 0.05) is 85.2 Å². The highest BCUT2D eigenvalue weighted by molar-refractivity contribution is 8.03. The summed E-state index contributed by atoms with van der Waals surface area (Å²) in [6.07, 6.45) is 25.8. The molecule has 274 valence electrons. The number of Topliss-reactive ketones (excluding diaryl/α,β-unsaturated/α-hetero) is 1. The summed E-state index contributed by atoms with van der Waals surface area (Å²) >= 11 is 3.92. The average molecular weight is 732 g/mol. The molecule has 10 nitrogen and oxygen atoms in total. The number of carbonyl (C=O) groups excluding carboxylic acids is 2. The van der Waals surface area contributed by atoms with Crippen molar-refractivity contribution in [2.24, 2.45) is 17.8 Å². The molecule has 12 heteroatoms. The van der Waals surface area contributed by atoms with Crippen molar-refractivity contribution in [3.63, 3.8) is 0 Å². The Morgan fingerprint density at radius 1 is 0.922 bits per heavy atom. The lowest BCUT2D eigenvalue weighted by atomic mass is 9.65. The van der Waals surface area contributed by atoms with Gasteiger partial charge in [-0.15, -0.1) is 0 Å². The van der Waals surface area contributed by atoms with E-state index in [0.29, 0.717) is 30.0 Å². The maximum atomic E-state index is 14.6. The molecule has 2 aromatic heterocycles. The number of ether oxygens (including phenoxy) is 1. The number of rotatable bonds is 12. The Labute approximate surface area is 311 Å². The minimum absolute atomic E-state index is 0.00710. The fourth-order valence-electron chi connectivity index (χ4n) is 10.1. The van der Waals surface area contributed by atoms with Gasteiger partial charge in [0.05, 0.1) is 41.3 Å². The van der Waals surface area contributed by atoms with Gasteiger partial charge in [-0.2, -0.15) is 23.5 Å². The molecule has 3 saturated carbocycles. The fraction of sp³-hybridized carbons (Fsp3) is 0.692. The molecular weight excluding hydrogens is 679 g/mol. The third kappa shape index (κ3) is 7.76. The van der Waals surface area contributed by atoms with Crippen LogP contribution in [0.2, 0.25) is 0 Å². The van der Waals surface area contributed by atoms with Gasteiger partial charge < -0.3 is 19.9 Å². The molecule has 2 aromatic rings. The van der Waals surface area contributed by atoms with Gasteiger partial charge in [0.1, 0.15) is 0 Å². The third-order valence-corrected chi connectivity index (χ3v) is 15.7. The van der Waals surface area contributed by atoms with E-state index in [4.69, 9.17) is 4.74 Å². The Hall–Kier alpha value is -2.54. The summed E-state index contributed by atoms with van der Waals surface area (Å²) in [5.41, 5.74) is 2.34. The van der Waals surface area contributed by atoms with Crippen LogP contribution >= 0.6 is 23.5 Å². The quantitative estimate of drug-likeness (QED) is 0.306. The van der Waals surface area contributed by atoms with Crippen molar-refractivity contribution in [3.05, 3.63) is 60.3 Å². The molecule has 1 N–H and O–H groups in total. The summed E-state index contributed by atoms with van der Waals surface area (Å²) < 4.78 is 7.35. The number of thioether (sulfide) groups is 2. The van der Waals surface area contributed by atoms with E-state index in [1.54, 1.807) is 24.8 Å². The van der Waals surface area contributed by atoms with E-state index in [1.165, 1.54) is 38.5 Å². The summed E-state index contributed by atoms with van der Waals surface area (Å²) in [6, 6.07) is 0.661. The van der Waals surface area contributed by atoms with E-state index < -0.39 is 0 Å². The Morgan fingerprint density at radius 2 is 1.65 bits per heavy atom. The smallest absolute Gasteiger partial charge is 0.256 e. The summed E-state index contributed by atoms with van der Waals surface area (Å²) in [5.74, 6) is 2.76. The van der Waals surface area contributed by atoms with Crippen LogP contribution in [-0.2, 0) is 27.2 Å². The second-order valence-corrected chi connectivity index (χ2v) is 18.3. The van der Waals surface area contributed by atoms with Crippen LogP contribution in [0.4, 0.5) is 0 Å². The highest BCUT2D eigenvalue weighted by Gasteiger charge is 2.59. The number of ketones is 1. The van der Waals surface area contributed by atoms with Crippen molar-refractivity contribution < 1.29 is 14.3 Å². The van der Waals surface area contributed by atoms with Gasteiger partial charge in [-0.25, -0.2) is 0 Å². The Morgan fingerprint density at radius 3 is 2.33 bits per heavy atom. The van der Waals surface area contributed by atoms with Crippen molar-refractivity contribution in [2.75, 3.05) is 31.6 Å². The predicted molar refractivity (Wildman–Crippen MR) is 201 cm³/mol. The van der Waals surface area contributed by atoms with Crippen LogP contribution in [0.15, 0.2) is 49.0 Å². The normalized spacial score (nSPS) is 34.6. The number of aromatic nitrogens is 4. The molecule has 0 bridgehead atoms. The number of likely N-dealkylation sites (tertiary alicyclic amines) is 1. The molecule has 3 aliphatic heterocycles. The number of morpholine rings is 1. The highest BCUT2D eigenvalue weighted by atomic mass is 32.2. The molecule has 5 fully saturated rings. The predicted octanol–water partition coefficient (Wildman–Crippen LogP) is 4.75. The molecule has 0 spiro atoms. The maximum absolute atomic E-state index is 14.6. The molecular formula is C39H53N7O3S2. The average Bonchev–Trinajstić information content (AvgIpc) is 3.57. The van der Waals surface area contributed by atoms with Gasteiger partial charge in [-0.3, -0.25) is 29.5 Å². The van der Waals surface area contributed by atoms with Crippen molar-refractivity contribution in [1.29, 1.82) is 0 Å². The first-order chi connectivity index (χ1) is 25.0. The monoisotopic (exact) mass is 731 g/mol. The summed E-state index contributed by atoms with van der Waals surface area (Å²) in [7, 11) is 2.17. The number of carbonyl (C=O) groups is 2. The first-order valence-electron chi connectivity index (χ1n) is 19.4. The van der Waals surface area contributed by atoms with E-state index in [2.05, 4.69) is 42.1 Å². The molecule has 3 aliphatic carbocycles. The molecule has 2 saturated heterocycles. The number of nitrogens with zero attached hydrogens (tertiary/aromatic N) is 6. The zero-order chi connectivity index (χ0) is 34.7. The molecule has 10 atom stereocenters. The van der Waals surface area contributed by atoms with E-state index in [9.17, 15) is 9.59 Å². The van der Waals surface area contributed by atoms with Gasteiger partial charge in [-0.05, 0) is 75.5 Å². The largest absolute Gasteiger partial charge is 0.369 e. The molecule has 0 aromatic carbocycles. The Bertz CT molecular complexity index is 1540. The van der Waals surface area contributed by atoms with Crippen molar-refractivity contribution >= 4 is 35.2 Å². The number of aryl methyl sites for hydroxylation is 2. The number of amides is 1. The molecule has 10 unspecified atom stereocenters. The number of hydrogen-bond donors (Lipinski definition) is 1. The number of fused-ring (bicyclic) bond motifs is 3. The zero-order valence-corrected chi connectivity index (χ0v) is 31.5. The molecule has 8 rings (SSSR count). The van der Waals surface area contributed by atoms with Gasteiger partial charge >= 0.3 is 0 Å². The van der Waals surface area contributed by atoms with Crippen LogP contribution in [-0.4, -0.2) is 114 Å². The first-order valence-corrected chi connectivity index (χ1v) is 21.5. The number of hydrogen-bond acceptors (Lipinski definition) is 11. The Balaban J connectivity index is 1.07. The van der Waals surface area contributed by atoms with Crippen LogP contribution in [0.3, 0.4) is 0 Å². The molecule has 6 aliphatic rings. The van der Waals surface area contributed by atoms with Crippen LogP contribution in [0.1, 0.15) is 75.6 Å². The van der Waals surface area contributed by atoms with Crippen LogP contribution in [0, 0.1) is 17.8 Å².